The monoisotopic (exact) mass is 362 g/mol. The summed E-state index contributed by atoms with van der Waals surface area (Å²) in [5.74, 6) is 0.909. The third-order valence-corrected chi connectivity index (χ3v) is 5.28. The fourth-order valence-corrected chi connectivity index (χ4v) is 3.63. The fraction of sp³-hybridized carbons (Fsp3) is 0.381. The van der Waals surface area contributed by atoms with Crippen LogP contribution in [0.4, 0.5) is 0 Å². The van der Waals surface area contributed by atoms with Crippen LogP contribution < -0.4 is 0 Å². The van der Waals surface area contributed by atoms with Crippen molar-refractivity contribution in [1.82, 2.24) is 30.0 Å². The van der Waals surface area contributed by atoms with E-state index in [0.717, 1.165) is 32.0 Å². The van der Waals surface area contributed by atoms with E-state index < -0.39 is 0 Å². The number of tetrazole rings is 1. The van der Waals surface area contributed by atoms with E-state index in [9.17, 15) is 0 Å². The van der Waals surface area contributed by atoms with Gasteiger partial charge >= 0.3 is 0 Å². The van der Waals surface area contributed by atoms with Crippen molar-refractivity contribution in [3.63, 3.8) is 0 Å². The molecule has 0 saturated carbocycles. The SMILES string of the molecule is Cc1ccc([C@@H](c2nnnn2Cc2ccccc2)N2CCN(C)CC2)cc1. The molecule has 1 fully saturated rings. The lowest BCUT2D eigenvalue weighted by Crippen LogP contribution is -2.46. The van der Waals surface area contributed by atoms with Gasteiger partial charge < -0.3 is 4.90 Å². The van der Waals surface area contributed by atoms with E-state index in [-0.39, 0.29) is 6.04 Å². The van der Waals surface area contributed by atoms with E-state index in [1.54, 1.807) is 0 Å². The Morgan fingerprint density at radius 2 is 1.63 bits per heavy atom. The van der Waals surface area contributed by atoms with Crippen molar-refractivity contribution in [2.75, 3.05) is 33.2 Å². The number of aryl methyl sites for hydroxylation is 1. The molecule has 0 unspecified atom stereocenters. The van der Waals surface area contributed by atoms with Gasteiger partial charge in [-0.05, 0) is 35.5 Å². The smallest absolute Gasteiger partial charge is 0.173 e. The molecule has 3 aromatic rings. The Morgan fingerprint density at radius 1 is 0.926 bits per heavy atom. The molecular formula is C21H26N6. The van der Waals surface area contributed by atoms with Gasteiger partial charge in [-0.2, -0.15) is 0 Å². The molecule has 0 N–H and O–H groups in total. The minimum atomic E-state index is 0.0676. The van der Waals surface area contributed by atoms with Crippen molar-refractivity contribution in [3.05, 3.63) is 77.1 Å². The molecule has 6 heteroatoms. The molecule has 2 heterocycles. The maximum absolute atomic E-state index is 4.45. The molecule has 0 amide bonds. The first-order valence-electron chi connectivity index (χ1n) is 9.50. The van der Waals surface area contributed by atoms with Crippen molar-refractivity contribution < 1.29 is 0 Å². The first kappa shape index (κ1) is 17.8. The summed E-state index contributed by atoms with van der Waals surface area (Å²) in [7, 11) is 2.18. The van der Waals surface area contributed by atoms with Gasteiger partial charge in [-0.15, -0.1) is 5.10 Å². The van der Waals surface area contributed by atoms with Crippen molar-refractivity contribution in [2.45, 2.75) is 19.5 Å². The van der Waals surface area contributed by atoms with E-state index in [0.29, 0.717) is 6.54 Å². The predicted molar refractivity (Wildman–Crippen MR) is 105 cm³/mol. The van der Waals surface area contributed by atoms with E-state index in [4.69, 9.17) is 0 Å². The number of likely N-dealkylation sites (N-methyl/N-ethyl adjacent to an activating group) is 1. The Labute approximate surface area is 160 Å². The maximum Gasteiger partial charge on any atom is 0.173 e. The molecule has 1 atom stereocenters. The minimum absolute atomic E-state index is 0.0676. The fourth-order valence-electron chi connectivity index (χ4n) is 3.63. The number of rotatable bonds is 5. The van der Waals surface area contributed by atoms with Gasteiger partial charge in [0.25, 0.3) is 0 Å². The van der Waals surface area contributed by atoms with Crippen molar-refractivity contribution in [1.29, 1.82) is 0 Å². The molecule has 140 valence electrons. The lowest BCUT2D eigenvalue weighted by Gasteiger charge is -2.37. The number of hydrogen-bond acceptors (Lipinski definition) is 5. The number of aromatic nitrogens is 4. The predicted octanol–water partition coefficient (Wildman–Crippen LogP) is 2.37. The average molecular weight is 362 g/mol. The van der Waals surface area contributed by atoms with Crippen LogP contribution in [-0.4, -0.2) is 63.2 Å². The molecule has 0 spiro atoms. The summed E-state index contributed by atoms with van der Waals surface area (Å²) in [5, 5.41) is 12.8. The van der Waals surface area contributed by atoms with Gasteiger partial charge in [-0.3, -0.25) is 4.90 Å². The second kappa shape index (κ2) is 7.98. The maximum atomic E-state index is 4.45. The molecule has 0 radical (unpaired) electrons. The summed E-state index contributed by atoms with van der Waals surface area (Å²) in [6, 6.07) is 19.2. The Balaban J connectivity index is 1.69. The van der Waals surface area contributed by atoms with Gasteiger partial charge in [-0.1, -0.05) is 60.2 Å². The zero-order valence-electron chi connectivity index (χ0n) is 16.0. The molecule has 1 aromatic heterocycles. The van der Waals surface area contributed by atoms with E-state index in [1.807, 2.05) is 10.7 Å². The van der Waals surface area contributed by atoms with E-state index >= 15 is 0 Å². The first-order valence-corrected chi connectivity index (χ1v) is 9.50. The summed E-state index contributed by atoms with van der Waals surface area (Å²) < 4.78 is 1.94. The largest absolute Gasteiger partial charge is 0.304 e. The van der Waals surface area contributed by atoms with Gasteiger partial charge in [0.05, 0.1) is 12.6 Å². The van der Waals surface area contributed by atoms with Crippen LogP contribution in [0.25, 0.3) is 0 Å². The van der Waals surface area contributed by atoms with Crippen LogP contribution in [0, 0.1) is 6.92 Å². The lowest BCUT2D eigenvalue weighted by molar-refractivity contribution is 0.121. The molecule has 1 saturated heterocycles. The second-order valence-electron chi connectivity index (χ2n) is 7.33. The lowest BCUT2D eigenvalue weighted by atomic mass is 10.0. The van der Waals surface area contributed by atoms with Crippen LogP contribution in [0.3, 0.4) is 0 Å². The highest BCUT2D eigenvalue weighted by Crippen LogP contribution is 2.28. The van der Waals surface area contributed by atoms with Crippen LogP contribution in [-0.2, 0) is 6.54 Å². The van der Waals surface area contributed by atoms with E-state index in [1.165, 1.54) is 16.7 Å². The summed E-state index contributed by atoms with van der Waals surface area (Å²) in [4.78, 5) is 4.87. The van der Waals surface area contributed by atoms with Gasteiger partial charge in [0.2, 0.25) is 0 Å². The summed E-state index contributed by atoms with van der Waals surface area (Å²) in [6.07, 6.45) is 0. The molecule has 1 aliphatic rings. The zero-order valence-corrected chi connectivity index (χ0v) is 16.0. The summed E-state index contributed by atoms with van der Waals surface area (Å²) >= 11 is 0. The molecule has 6 nitrogen and oxygen atoms in total. The van der Waals surface area contributed by atoms with Crippen molar-refractivity contribution >= 4 is 0 Å². The van der Waals surface area contributed by atoms with Crippen LogP contribution >= 0.6 is 0 Å². The zero-order chi connectivity index (χ0) is 18.6. The molecule has 0 aliphatic carbocycles. The Hall–Kier alpha value is -2.57. The highest BCUT2D eigenvalue weighted by atomic mass is 15.6. The molecule has 1 aliphatic heterocycles. The topological polar surface area (TPSA) is 50.1 Å². The van der Waals surface area contributed by atoms with Crippen molar-refractivity contribution in [2.24, 2.45) is 0 Å². The summed E-state index contributed by atoms with van der Waals surface area (Å²) in [5.41, 5.74) is 3.71. The van der Waals surface area contributed by atoms with Gasteiger partial charge in [-0.25, -0.2) is 4.68 Å². The number of nitrogens with zero attached hydrogens (tertiary/aromatic N) is 6. The highest BCUT2D eigenvalue weighted by molar-refractivity contribution is 5.28. The standard InChI is InChI=1S/C21H26N6/c1-17-8-10-19(11-9-17)20(26-14-12-25(2)13-15-26)21-22-23-24-27(21)16-18-6-4-3-5-7-18/h3-11,20H,12-16H2,1-2H3/t20-/m0/s1. The third kappa shape index (κ3) is 4.07. The van der Waals surface area contributed by atoms with Gasteiger partial charge in [0.1, 0.15) is 0 Å². The third-order valence-electron chi connectivity index (χ3n) is 5.28. The van der Waals surface area contributed by atoms with Crippen LogP contribution in [0.5, 0.6) is 0 Å². The molecular weight excluding hydrogens is 336 g/mol. The first-order chi connectivity index (χ1) is 13.2. The van der Waals surface area contributed by atoms with E-state index in [2.05, 4.69) is 87.8 Å². The summed E-state index contributed by atoms with van der Waals surface area (Å²) in [6.45, 7) is 6.93. The Morgan fingerprint density at radius 3 is 2.33 bits per heavy atom. The van der Waals surface area contributed by atoms with Gasteiger partial charge in [0, 0.05) is 26.2 Å². The molecule has 2 aromatic carbocycles. The number of piperazine rings is 1. The molecule has 4 rings (SSSR count). The Kier molecular flexibility index (Phi) is 5.27. The molecule has 0 bridgehead atoms. The highest BCUT2D eigenvalue weighted by Gasteiger charge is 2.29. The quantitative estimate of drug-likeness (QED) is 0.697. The normalized spacial score (nSPS) is 17.1. The van der Waals surface area contributed by atoms with Crippen LogP contribution in [0.1, 0.15) is 28.6 Å². The minimum Gasteiger partial charge on any atom is -0.304 e. The van der Waals surface area contributed by atoms with Crippen LogP contribution in [0.2, 0.25) is 0 Å². The Bertz CT molecular complexity index is 850. The number of benzene rings is 2. The van der Waals surface area contributed by atoms with Gasteiger partial charge in [0.15, 0.2) is 5.82 Å². The average Bonchev–Trinajstić information content (AvgIpc) is 3.13. The van der Waals surface area contributed by atoms with Crippen molar-refractivity contribution in [3.8, 4) is 0 Å². The molecule has 27 heavy (non-hydrogen) atoms. The van der Waals surface area contributed by atoms with Crippen LogP contribution in [0.15, 0.2) is 54.6 Å². The number of hydrogen-bond donors (Lipinski definition) is 0. The second-order valence-corrected chi connectivity index (χ2v) is 7.33.